The second kappa shape index (κ2) is 11.0. The van der Waals surface area contributed by atoms with Crippen LogP contribution in [0.2, 0.25) is 5.02 Å². The number of morpholine rings is 1. The topological polar surface area (TPSA) is 89.5 Å². The fourth-order valence-corrected chi connectivity index (χ4v) is 7.55. The number of carbonyl (C=O) groups excluding carboxylic acids is 1. The number of benzene rings is 2. The molecule has 1 amide bonds. The van der Waals surface area contributed by atoms with E-state index in [4.69, 9.17) is 21.1 Å². The highest BCUT2D eigenvalue weighted by atomic mass is 35.5. The molecule has 0 atom stereocenters. The maximum atomic E-state index is 15.0. The molecule has 4 aliphatic rings. The van der Waals surface area contributed by atoms with Crippen molar-refractivity contribution < 1.29 is 18.7 Å². The molecule has 1 aliphatic heterocycles. The largest absolute Gasteiger partial charge is 0.492 e. The first-order chi connectivity index (χ1) is 20.4. The molecule has 2 bridgehead atoms. The van der Waals surface area contributed by atoms with Gasteiger partial charge in [0.15, 0.2) is 0 Å². The van der Waals surface area contributed by atoms with Crippen LogP contribution in [0.5, 0.6) is 5.75 Å². The van der Waals surface area contributed by atoms with Crippen LogP contribution in [-0.2, 0) is 15.6 Å². The van der Waals surface area contributed by atoms with Crippen molar-refractivity contribution in [1.29, 1.82) is 0 Å². The summed E-state index contributed by atoms with van der Waals surface area (Å²) >= 11 is 7.47. The lowest BCUT2D eigenvalue weighted by Crippen LogP contribution is -2.67. The molecule has 2 aromatic heterocycles. The third-order valence-corrected chi connectivity index (χ3v) is 10.00. The number of pyridine rings is 1. The van der Waals surface area contributed by atoms with E-state index in [1.165, 1.54) is 35.4 Å². The third kappa shape index (κ3) is 5.06. The molecule has 0 spiro atoms. The van der Waals surface area contributed by atoms with Crippen LogP contribution in [0.1, 0.15) is 40.2 Å². The molecule has 4 aromatic rings. The van der Waals surface area contributed by atoms with Crippen LogP contribution >= 0.6 is 22.9 Å². The Labute approximate surface area is 251 Å². The number of amides is 1. The summed E-state index contributed by atoms with van der Waals surface area (Å²) in [5, 5.41) is 13.7. The number of carbonyl (C=O) groups is 1. The average molecular weight is 606 g/mol. The lowest BCUT2D eigenvalue weighted by atomic mass is 9.34. The zero-order valence-corrected chi connectivity index (χ0v) is 24.4. The Balaban J connectivity index is 1.02. The summed E-state index contributed by atoms with van der Waals surface area (Å²) in [7, 11) is 0. The molecule has 4 fully saturated rings. The quantitative estimate of drug-likeness (QED) is 0.261. The standard InChI is InChI=1S/C31H29ClFN5O3S/c32-21-3-1-20(2-4-21)30-17-31(18-30,19-30)28-36-37-29(42-28)35-27(39)23-7-8-34-16-25(23)24-15-22(5-6-26(24)33)41-14-11-38-9-12-40-13-10-38/h1-8,15-16H,9-14,17-19H2,(H,35,37,39). The van der Waals surface area contributed by atoms with E-state index < -0.39 is 11.7 Å². The van der Waals surface area contributed by atoms with Gasteiger partial charge in [0.05, 0.1) is 18.8 Å². The Kier molecular flexibility index (Phi) is 7.17. The smallest absolute Gasteiger partial charge is 0.258 e. The fraction of sp³-hybridized carbons (Fsp3) is 0.355. The molecule has 1 saturated heterocycles. The van der Waals surface area contributed by atoms with E-state index in [1.807, 2.05) is 12.1 Å². The first-order valence-electron chi connectivity index (χ1n) is 14.0. The van der Waals surface area contributed by atoms with Crippen molar-refractivity contribution in [2.45, 2.75) is 30.1 Å². The summed E-state index contributed by atoms with van der Waals surface area (Å²) in [6.45, 7) is 4.39. The number of anilines is 1. The van der Waals surface area contributed by atoms with E-state index in [1.54, 1.807) is 18.2 Å². The molecule has 11 heteroatoms. The van der Waals surface area contributed by atoms with Crippen LogP contribution in [0.15, 0.2) is 60.9 Å². The van der Waals surface area contributed by atoms with Crippen molar-refractivity contribution in [3.05, 3.63) is 87.9 Å². The van der Waals surface area contributed by atoms with Crippen LogP contribution in [0.25, 0.3) is 11.1 Å². The van der Waals surface area contributed by atoms with Gasteiger partial charge in [-0.3, -0.25) is 20.0 Å². The zero-order chi connectivity index (χ0) is 28.7. The van der Waals surface area contributed by atoms with Gasteiger partial charge in [-0.1, -0.05) is 35.1 Å². The Hall–Kier alpha value is -3.44. The van der Waals surface area contributed by atoms with Crippen molar-refractivity contribution in [2.75, 3.05) is 44.8 Å². The first kappa shape index (κ1) is 27.4. The summed E-state index contributed by atoms with van der Waals surface area (Å²) in [4.78, 5) is 19.8. The molecule has 0 radical (unpaired) electrons. The molecule has 8 rings (SSSR count). The van der Waals surface area contributed by atoms with Gasteiger partial charge in [-0.05, 0) is 66.6 Å². The van der Waals surface area contributed by atoms with Crippen LogP contribution in [0, 0.1) is 5.82 Å². The maximum Gasteiger partial charge on any atom is 0.258 e. The van der Waals surface area contributed by atoms with Gasteiger partial charge in [0, 0.05) is 53.6 Å². The lowest BCUT2D eigenvalue weighted by Gasteiger charge is -2.70. The Morgan fingerprint density at radius 1 is 1.05 bits per heavy atom. The van der Waals surface area contributed by atoms with E-state index in [-0.39, 0.29) is 16.4 Å². The predicted molar refractivity (Wildman–Crippen MR) is 159 cm³/mol. The van der Waals surface area contributed by atoms with Crippen LogP contribution in [0.3, 0.4) is 0 Å². The second-order valence-corrected chi connectivity index (χ2v) is 12.7. The molecular weight excluding hydrogens is 577 g/mol. The van der Waals surface area contributed by atoms with Crippen molar-refractivity contribution >= 4 is 34.0 Å². The number of aromatic nitrogens is 3. The summed E-state index contributed by atoms with van der Waals surface area (Å²) in [5.41, 5.74) is 2.44. The number of ether oxygens (including phenoxy) is 2. The highest BCUT2D eigenvalue weighted by Gasteiger charge is 2.70. The van der Waals surface area contributed by atoms with Crippen molar-refractivity contribution in [2.24, 2.45) is 0 Å². The number of nitrogens with zero attached hydrogens (tertiary/aromatic N) is 4. The predicted octanol–water partition coefficient (Wildman–Crippen LogP) is 5.73. The number of hydrogen-bond donors (Lipinski definition) is 1. The van der Waals surface area contributed by atoms with Gasteiger partial charge < -0.3 is 9.47 Å². The minimum atomic E-state index is -0.464. The minimum Gasteiger partial charge on any atom is -0.492 e. The molecule has 3 heterocycles. The Morgan fingerprint density at radius 2 is 1.83 bits per heavy atom. The van der Waals surface area contributed by atoms with E-state index in [0.29, 0.717) is 28.6 Å². The normalized spacial score (nSPS) is 23.1. The average Bonchev–Trinajstić information content (AvgIpc) is 3.42. The number of halogens is 2. The molecule has 216 valence electrons. The molecule has 2 aromatic carbocycles. The van der Waals surface area contributed by atoms with E-state index >= 15 is 4.39 Å². The molecule has 42 heavy (non-hydrogen) atoms. The first-order valence-corrected chi connectivity index (χ1v) is 15.2. The summed E-state index contributed by atoms with van der Waals surface area (Å²) < 4.78 is 26.3. The summed E-state index contributed by atoms with van der Waals surface area (Å²) in [5.74, 6) is -0.337. The highest BCUT2D eigenvalue weighted by Crippen LogP contribution is 2.74. The van der Waals surface area contributed by atoms with Crippen molar-refractivity contribution in [3.8, 4) is 16.9 Å². The van der Waals surface area contributed by atoms with Gasteiger partial charge in [0.2, 0.25) is 5.13 Å². The van der Waals surface area contributed by atoms with E-state index in [2.05, 4.69) is 37.5 Å². The summed E-state index contributed by atoms with van der Waals surface area (Å²) in [6, 6.07) is 14.2. The Morgan fingerprint density at radius 3 is 2.62 bits per heavy atom. The monoisotopic (exact) mass is 605 g/mol. The Bertz CT molecular complexity index is 1610. The van der Waals surface area contributed by atoms with Gasteiger partial charge >= 0.3 is 0 Å². The van der Waals surface area contributed by atoms with Gasteiger partial charge in [-0.2, -0.15) is 0 Å². The van der Waals surface area contributed by atoms with E-state index in [9.17, 15) is 4.79 Å². The summed E-state index contributed by atoms with van der Waals surface area (Å²) in [6.07, 6.45) is 6.06. The highest BCUT2D eigenvalue weighted by molar-refractivity contribution is 7.15. The molecule has 0 unspecified atom stereocenters. The van der Waals surface area contributed by atoms with Crippen molar-refractivity contribution in [1.82, 2.24) is 20.1 Å². The molecule has 1 N–H and O–H groups in total. The van der Waals surface area contributed by atoms with Gasteiger partial charge in [0.25, 0.3) is 5.91 Å². The van der Waals surface area contributed by atoms with E-state index in [0.717, 1.165) is 62.1 Å². The fourth-order valence-electron chi connectivity index (χ4n) is 6.50. The molecular formula is C31H29ClFN5O3S. The molecule has 3 saturated carbocycles. The molecule has 8 nitrogen and oxygen atoms in total. The van der Waals surface area contributed by atoms with Gasteiger partial charge in [0.1, 0.15) is 23.2 Å². The minimum absolute atomic E-state index is 0.0213. The number of rotatable bonds is 9. The lowest BCUT2D eigenvalue weighted by molar-refractivity contribution is -0.0697. The SMILES string of the molecule is O=C(Nc1nnc(C23CC(c4ccc(Cl)cc4)(C2)C3)s1)c1ccncc1-c1cc(OCCN2CCOCC2)ccc1F. The van der Waals surface area contributed by atoms with Crippen LogP contribution in [0.4, 0.5) is 9.52 Å². The second-order valence-electron chi connectivity index (χ2n) is 11.3. The third-order valence-electron chi connectivity index (χ3n) is 8.66. The van der Waals surface area contributed by atoms with Crippen molar-refractivity contribution in [3.63, 3.8) is 0 Å². The van der Waals surface area contributed by atoms with Crippen LogP contribution < -0.4 is 10.1 Å². The van der Waals surface area contributed by atoms with Crippen LogP contribution in [-0.4, -0.2) is 65.4 Å². The zero-order valence-electron chi connectivity index (χ0n) is 22.8. The van der Waals surface area contributed by atoms with Gasteiger partial charge in [-0.15, -0.1) is 10.2 Å². The maximum absolute atomic E-state index is 15.0. The number of hydrogen-bond acceptors (Lipinski definition) is 8. The van der Waals surface area contributed by atoms with Gasteiger partial charge in [-0.25, -0.2) is 4.39 Å². The molecule has 3 aliphatic carbocycles. The number of nitrogens with one attached hydrogen (secondary N) is 1.